The molecule has 4 heterocycles. The molecule has 174 valence electrons. The first-order valence-electron chi connectivity index (χ1n) is 11.3. The van der Waals surface area contributed by atoms with Crippen molar-refractivity contribution in [2.45, 2.75) is 38.0 Å². The van der Waals surface area contributed by atoms with Crippen molar-refractivity contribution in [1.82, 2.24) is 15.2 Å². The van der Waals surface area contributed by atoms with E-state index in [2.05, 4.69) is 10.3 Å². The third-order valence-electron chi connectivity index (χ3n) is 6.38. The molecular formula is C26H25N3O5. The second-order valence-corrected chi connectivity index (χ2v) is 8.62. The van der Waals surface area contributed by atoms with Crippen LogP contribution in [0.3, 0.4) is 0 Å². The number of amides is 2. The zero-order chi connectivity index (χ0) is 23.7. The van der Waals surface area contributed by atoms with Crippen LogP contribution in [0.1, 0.15) is 28.1 Å². The first kappa shape index (κ1) is 22.0. The number of hydrogen-bond acceptors (Lipinski definition) is 6. The van der Waals surface area contributed by atoms with Gasteiger partial charge >= 0.3 is 0 Å². The highest BCUT2D eigenvalue weighted by Gasteiger charge is 2.48. The van der Waals surface area contributed by atoms with Crippen LogP contribution >= 0.6 is 0 Å². The van der Waals surface area contributed by atoms with E-state index in [1.165, 1.54) is 0 Å². The summed E-state index contributed by atoms with van der Waals surface area (Å²) in [6.45, 7) is 2.16. The van der Waals surface area contributed by atoms with Crippen molar-refractivity contribution in [2.24, 2.45) is 0 Å². The van der Waals surface area contributed by atoms with E-state index in [9.17, 15) is 14.4 Å². The summed E-state index contributed by atoms with van der Waals surface area (Å²) in [5.41, 5.74) is 2.03. The van der Waals surface area contributed by atoms with Crippen LogP contribution in [0.25, 0.3) is 11.3 Å². The van der Waals surface area contributed by atoms with E-state index in [0.29, 0.717) is 30.0 Å². The fraction of sp³-hybridized carbons (Fsp3) is 0.308. The third kappa shape index (κ3) is 4.24. The second-order valence-electron chi connectivity index (χ2n) is 8.62. The molecule has 0 spiro atoms. The molecule has 34 heavy (non-hydrogen) atoms. The van der Waals surface area contributed by atoms with Crippen molar-refractivity contribution in [3.63, 3.8) is 0 Å². The fourth-order valence-corrected chi connectivity index (χ4v) is 4.68. The average molecular weight is 460 g/mol. The van der Waals surface area contributed by atoms with Gasteiger partial charge in [-0.15, -0.1) is 0 Å². The van der Waals surface area contributed by atoms with Crippen molar-refractivity contribution in [3.05, 3.63) is 77.8 Å². The Morgan fingerprint density at radius 2 is 2.03 bits per heavy atom. The SMILES string of the molecule is Cc1oc(-c2ccccc2)cc1C(=O)NC(Cc1cccnc1)C(=O)N1CCC2OCC(=O)C21. The second kappa shape index (κ2) is 9.23. The number of likely N-dealkylation sites (tertiary alicyclic amines) is 1. The van der Waals surface area contributed by atoms with Crippen LogP contribution in [0.4, 0.5) is 0 Å². The molecule has 8 heteroatoms. The Hall–Kier alpha value is -3.78. The predicted molar refractivity (Wildman–Crippen MR) is 123 cm³/mol. The summed E-state index contributed by atoms with van der Waals surface area (Å²) in [7, 11) is 0. The topological polar surface area (TPSA) is 102 Å². The number of aryl methyl sites for hydroxylation is 1. The van der Waals surface area contributed by atoms with Gasteiger partial charge in [0.25, 0.3) is 5.91 Å². The molecule has 0 aliphatic carbocycles. The molecule has 0 radical (unpaired) electrons. The molecule has 0 bridgehead atoms. The molecule has 3 aromatic rings. The van der Waals surface area contributed by atoms with Crippen LogP contribution in [0.2, 0.25) is 0 Å². The maximum absolute atomic E-state index is 13.6. The van der Waals surface area contributed by atoms with Gasteiger partial charge in [0, 0.05) is 30.9 Å². The maximum Gasteiger partial charge on any atom is 0.255 e. The highest BCUT2D eigenvalue weighted by Crippen LogP contribution is 2.28. The molecule has 5 rings (SSSR count). The van der Waals surface area contributed by atoms with Gasteiger partial charge in [0.15, 0.2) is 5.78 Å². The van der Waals surface area contributed by atoms with Crippen LogP contribution in [0, 0.1) is 6.92 Å². The first-order valence-corrected chi connectivity index (χ1v) is 11.3. The molecule has 2 fully saturated rings. The number of Topliss-reactive ketones (excluding diaryl/α,β-unsaturated/α-hetero) is 1. The van der Waals surface area contributed by atoms with Gasteiger partial charge in [-0.2, -0.15) is 0 Å². The number of rotatable bonds is 6. The lowest BCUT2D eigenvalue weighted by Gasteiger charge is -2.27. The minimum Gasteiger partial charge on any atom is -0.461 e. The normalized spacial score (nSPS) is 20.3. The summed E-state index contributed by atoms with van der Waals surface area (Å²) in [6, 6.07) is 13.4. The summed E-state index contributed by atoms with van der Waals surface area (Å²) in [5, 5.41) is 2.89. The molecule has 2 aliphatic rings. The Kier molecular flexibility index (Phi) is 5.98. The number of ketones is 1. The van der Waals surface area contributed by atoms with Crippen LogP contribution < -0.4 is 5.32 Å². The third-order valence-corrected chi connectivity index (χ3v) is 6.38. The maximum atomic E-state index is 13.6. The molecule has 2 saturated heterocycles. The zero-order valence-electron chi connectivity index (χ0n) is 18.8. The summed E-state index contributed by atoms with van der Waals surface area (Å²) < 4.78 is 11.4. The number of ether oxygens (including phenoxy) is 1. The highest BCUT2D eigenvalue weighted by molar-refractivity contribution is 6.00. The number of pyridine rings is 1. The Bertz CT molecular complexity index is 1210. The van der Waals surface area contributed by atoms with Crippen molar-refractivity contribution in [3.8, 4) is 11.3 Å². The van der Waals surface area contributed by atoms with Gasteiger partial charge in [-0.3, -0.25) is 19.4 Å². The van der Waals surface area contributed by atoms with Gasteiger partial charge in [-0.05, 0) is 31.0 Å². The van der Waals surface area contributed by atoms with Crippen molar-refractivity contribution in [1.29, 1.82) is 0 Å². The number of benzene rings is 1. The highest BCUT2D eigenvalue weighted by atomic mass is 16.5. The van der Waals surface area contributed by atoms with E-state index < -0.39 is 18.0 Å². The van der Waals surface area contributed by atoms with Crippen molar-refractivity contribution in [2.75, 3.05) is 13.2 Å². The van der Waals surface area contributed by atoms with Crippen molar-refractivity contribution >= 4 is 17.6 Å². The number of hydrogen-bond donors (Lipinski definition) is 1. The smallest absolute Gasteiger partial charge is 0.255 e. The summed E-state index contributed by atoms with van der Waals surface area (Å²) in [5.74, 6) is 0.239. The van der Waals surface area contributed by atoms with Crippen LogP contribution in [-0.4, -0.2) is 58.8 Å². The lowest BCUT2D eigenvalue weighted by Crippen LogP contribution is -2.53. The van der Waals surface area contributed by atoms with Gasteiger partial charge in [-0.25, -0.2) is 0 Å². The molecule has 1 aromatic carbocycles. The number of aromatic nitrogens is 1. The average Bonchev–Trinajstić information content (AvgIpc) is 3.56. The monoisotopic (exact) mass is 459 g/mol. The molecule has 2 aliphatic heterocycles. The predicted octanol–water partition coefficient (Wildman–Crippen LogP) is 2.56. The van der Waals surface area contributed by atoms with E-state index in [1.807, 2.05) is 36.4 Å². The molecule has 2 aromatic heterocycles. The van der Waals surface area contributed by atoms with Gasteiger partial charge in [0.2, 0.25) is 5.91 Å². The van der Waals surface area contributed by atoms with Crippen LogP contribution in [0.5, 0.6) is 0 Å². The van der Waals surface area contributed by atoms with Crippen LogP contribution in [0.15, 0.2) is 65.3 Å². The molecule has 0 saturated carbocycles. The molecule has 8 nitrogen and oxygen atoms in total. The molecule has 1 N–H and O–H groups in total. The number of nitrogens with zero attached hydrogens (tertiary/aromatic N) is 2. The first-order chi connectivity index (χ1) is 16.5. The van der Waals surface area contributed by atoms with Gasteiger partial charge in [-0.1, -0.05) is 36.4 Å². The largest absolute Gasteiger partial charge is 0.461 e. The minimum absolute atomic E-state index is 0.0230. The lowest BCUT2D eigenvalue weighted by atomic mass is 10.0. The Labute approximate surface area is 196 Å². The standard InChI is InChI=1S/C26H25N3O5/c1-16-19(13-23(34-16)18-7-3-2-4-8-18)25(31)28-20(12-17-6-5-10-27-14-17)26(32)29-11-9-22-24(29)21(30)15-33-22/h2-8,10,13-14,20,22,24H,9,11-12,15H2,1H3,(H,28,31). The Morgan fingerprint density at radius 3 is 2.79 bits per heavy atom. The number of fused-ring (bicyclic) bond motifs is 1. The van der Waals surface area contributed by atoms with Gasteiger partial charge in [0.05, 0.1) is 11.7 Å². The fourth-order valence-electron chi connectivity index (χ4n) is 4.68. The summed E-state index contributed by atoms with van der Waals surface area (Å²) in [6.07, 6.45) is 3.91. The van der Waals surface area contributed by atoms with E-state index in [-0.39, 0.29) is 30.8 Å². The zero-order valence-corrected chi connectivity index (χ0v) is 18.8. The van der Waals surface area contributed by atoms with E-state index in [1.54, 1.807) is 36.4 Å². The van der Waals surface area contributed by atoms with Gasteiger partial charge < -0.3 is 19.4 Å². The Morgan fingerprint density at radius 1 is 1.21 bits per heavy atom. The lowest BCUT2D eigenvalue weighted by molar-refractivity contribution is -0.138. The summed E-state index contributed by atoms with van der Waals surface area (Å²) >= 11 is 0. The number of nitrogens with one attached hydrogen (secondary N) is 1. The number of carbonyl (C=O) groups is 3. The number of carbonyl (C=O) groups excluding carboxylic acids is 3. The van der Waals surface area contributed by atoms with Gasteiger partial charge in [0.1, 0.15) is 30.2 Å². The molecule has 2 amide bonds. The molecular weight excluding hydrogens is 434 g/mol. The quantitative estimate of drug-likeness (QED) is 0.608. The minimum atomic E-state index is -0.863. The number of furan rings is 1. The van der Waals surface area contributed by atoms with E-state index in [4.69, 9.17) is 9.15 Å². The Balaban J connectivity index is 1.40. The molecule has 3 atom stereocenters. The van der Waals surface area contributed by atoms with Crippen LogP contribution in [-0.2, 0) is 20.7 Å². The summed E-state index contributed by atoms with van der Waals surface area (Å²) in [4.78, 5) is 44.9. The van der Waals surface area contributed by atoms with Crippen molar-refractivity contribution < 1.29 is 23.5 Å². The van der Waals surface area contributed by atoms with E-state index in [0.717, 1.165) is 11.1 Å². The van der Waals surface area contributed by atoms with E-state index >= 15 is 0 Å². The molecule has 3 unspecified atom stereocenters.